The van der Waals surface area contributed by atoms with Gasteiger partial charge in [-0.15, -0.1) is 0 Å². The summed E-state index contributed by atoms with van der Waals surface area (Å²) in [6, 6.07) is 9.99. The average Bonchev–Trinajstić information content (AvgIpc) is 2.91. The first-order valence-corrected chi connectivity index (χ1v) is 6.80. The molecule has 0 spiro atoms. The summed E-state index contributed by atoms with van der Waals surface area (Å²) in [6.45, 7) is 0.463. The average molecular weight is 297 g/mol. The van der Waals surface area contributed by atoms with Crippen molar-refractivity contribution in [1.82, 2.24) is 15.0 Å². The van der Waals surface area contributed by atoms with Gasteiger partial charge in [0.25, 0.3) is 5.56 Å². The van der Waals surface area contributed by atoms with E-state index in [1.165, 1.54) is 11.8 Å². The highest BCUT2D eigenvalue weighted by molar-refractivity contribution is 5.97. The number of anilines is 1. The minimum Gasteiger partial charge on any atom is -0.395 e. The van der Waals surface area contributed by atoms with Crippen molar-refractivity contribution in [2.45, 2.75) is 6.42 Å². The topological polar surface area (TPSA) is 109 Å². The van der Waals surface area contributed by atoms with Crippen molar-refractivity contribution in [2.24, 2.45) is 5.16 Å². The van der Waals surface area contributed by atoms with Gasteiger partial charge in [-0.2, -0.15) is 4.98 Å². The zero-order valence-corrected chi connectivity index (χ0v) is 11.7. The highest BCUT2D eigenvalue weighted by Crippen LogP contribution is 2.10. The number of hydrogen-bond acceptors (Lipinski definition) is 5. The molecule has 7 nitrogen and oxygen atoms in total. The number of nitrogens with one attached hydrogen (secondary N) is 2. The molecule has 0 fully saturated rings. The van der Waals surface area contributed by atoms with Gasteiger partial charge in [0.2, 0.25) is 5.95 Å². The quantitative estimate of drug-likeness (QED) is 0.376. The van der Waals surface area contributed by atoms with Crippen molar-refractivity contribution in [2.75, 3.05) is 12.3 Å². The predicted octanol–water partition coefficient (Wildman–Crippen LogP) is 1.43. The van der Waals surface area contributed by atoms with E-state index in [0.29, 0.717) is 23.2 Å². The van der Waals surface area contributed by atoms with E-state index in [1.54, 1.807) is 6.20 Å². The van der Waals surface area contributed by atoms with E-state index in [-0.39, 0.29) is 11.5 Å². The maximum atomic E-state index is 11.9. The number of nitrogen functional groups attached to an aromatic ring is 1. The van der Waals surface area contributed by atoms with Crippen molar-refractivity contribution < 1.29 is 4.84 Å². The van der Waals surface area contributed by atoms with E-state index in [4.69, 9.17) is 10.6 Å². The van der Waals surface area contributed by atoms with E-state index < -0.39 is 0 Å². The number of aromatic nitrogens is 3. The lowest BCUT2D eigenvalue weighted by Gasteiger charge is -1.99. The Morgan fingerprint density at radius 3 is 2.95 bits per heavy atom. The zero-order valence-electron chi connectivity index (χ0n) is 11.7. The Morgan fingerprint density at radius 2 is 2.14 bits per heavy atom. The molecule has 3 aromatic rings. The van der Waals surface area contributed by atoms with Gasteiger partial charge in [-0.25, -0.2) is 0 Å². The molecule has 0 saturated carbocycles. The van der Waals surface area contributed by atoms with Crippen LogP contribution in [0.15, 0.2) is 46.5 Å². The standard InChI is InChI=1S/C15H15N5O2/c16-15-19-13-12(14(21)20-15)11(8-17-13)9-18-22-7-6-10-4-2-1-3-5-10/h1-5,8-9H,6-7H2,(H4,16,17,19,20,21). The normalized spacial score (nSPS) is 11.3. The molecule has 22 heavy (non-hydrogen) atoms. The molecule has 1 aromatic carbocycles. The molecule has 0 atom stereocenters. The maximum Gasteiger partial charge on any atom is 0.262 e. The van der Waals surface area contributed by atoms with Crippen molar-refractivity contribution in [3.63, 3.8) is 0 Å². The fourth-order valence-electron chi connectivity index (χ4n) is 2.14. The molecule has 0 radical (unpaired) electrons. The number of nitrogens with two attached hydrogens (primary N) is 1. The Bertz CT molecular complexity index is 851. The predicted molar refractivity (Wildman–Crippen MR) is 84.8 cm³/mol. The summed E-state index contributed by atoms with van der Waals surface area (Å²) in [4.78, 5) is 26.4. The van der Waals surface area contributed by atoms with E-state index in [1.807, 2.05) is 30.3 Å². The van der Waals surface area contributed by atoms with Crippen LogP contribution in [-0.4, -0.2) is 27.8 Å². The Balaban J connectivity index is 1.65. The number of aromatic amines is 2. The minimum atomic E-state index is -0.311. The van der Waals surface area contributed by atoms with Crippen molar-refractivity contribution in [3.05, 3.63) is 58.0 Å². The Labute approximate surface area is 125 Å². The van der Waals surface area contributed by atoms with Crippen LogP contribution >= 0.6 is 0 Å². The molecule has 0 amide bonds. The highest BCUT2D eigenvalue weighted by Gasteiger charge is 2.08. The van der Waals surface area contributed by atoms with Gasteiger partial charge in [-0.1, -0.05) is 35.5 Å². The van der Waals surface area contributed by atoms with Gasteiger partial charge in [0.05, 0.1) is 11.6 Å². The van der Waals surface area contributed by atoms with Gasteiger partial charge < -0.3 is 15.6 Å². The monoisotopic (exact) mass is 297 g/mol. The summed E-state index contributed by atoms with van der Waals surface area (Å²) < 4.78 is 0. The lowest BCUT2D eigenvalue weighted by Crippen LogP contribution is -2.11. The summed E-state index contributed by atoms with van der Waals surface area (Å²) in [6.07, 6.45) is 3.89. The van der Waals surface area contributed by atoms with Crippen molar-refractivity contribution >= 4 is 23.2 Å². The molecule has 112 valence electrons. The summed E-state index contributed by atoms with van der Waals surface area (Å²) in [5, 5.41) is 4.29. The van der Waals surface area contributed by atoms with Crippen LogP contribution in [0.4, 0.5) is 5.95 Å². The molecule has 0 bridgehead atoms. The first kappa shape index (κ1) is 13.9. The molecule has 4 N–H and O–H groups in total. The van der Waals surface area contributed by atoms with Crippen LogP contribution in [0.25, 0.3) is 11.0 Å². The summed E-state index contributed by atoms with van der Waals surface area (Å²) >= 11 is 0. The van der Waals surface area contributed by atoms with Gasteiger partial charge in [0.1, 0.15) is 12.3 Å². The van der Waals surface area contributed by atoms with Crippen molar-refractivity contribution in [1.29, 1.82) is 0 Å². The first-order chi connectivity index (χ1) is 10.7. The zero-order chi connectivity index (χ0) is 15.4. The Kier molecular flexibility index (Phi) is 3.86. The van der Waals surface area contributed by atoms with Gasteiger partial charge in [-0.3, -0.25) is 9.78 Å². The minimum absolute atomic E-state index is 0.0712. The number of hydrogen-bond donors (Lipinski definition) is 3. The van der Waals surface area contributed by atoms with Crippen LogP contribution in [0.3, 0.4) is 0 Å². The summed E-state index contributed by atoms with van der Waals surface area (Å²) in [5.74, 6) is 0.0712. The number of H-pyrrole nitrogens is 2. The molecule has 7 heteroatoms. The molecule has 0 aliphatic carbocycles. The maximum absolute atomic E-state index is 11.9. The second-order valence-electron chi connectivity index (χ2n) is 4.72. The molecule has 3 rings (SSSR count). The molecule has 0 aliphatic rings. The molecule has 2 heterocycles. The Morgan fingerprint density at radius 1 is 1.32 bits per heavy atom. The van der Waals surface area contributed by atoms with Gasteiger partial charge in [0.15, 0.2) is 0 Å². The fraction of sp³-hybridized carbons (Fsp3) is 0.133. The molecular weight excluding hydrogens is 282 g/mol. The number of rotatable bonds is 5. The number of oxime groups is 1. The lowest BCUT2D eigenvalue weighted by molar-refractivity contribution is 0.149. The number of fused-ring (bicyclic) bond motifs is 1. The molecule has 0 aliphatic heterocycles. The molecule has 0 saturated heterocycles. The number of benzene rings is 1. The van der Waals surface area contributed by atoms with E-state index in [2.05, 4.69) is 20.1 Å². The van der Waals surface area contributed by atoms with E-state index in [0.717, 1.165) is 6.42 Å². The summed E-state index contributed by atoms with van der Waals surface area (Å²) in [5.41, 5.74) is 7.38. The molecule has 2 aromatic heterocycles. The second kappa shape index (κ2) is 6.13. The van der Waals surface area contributed by atoms with Crippen molar-refractivity contribution in [3.8, 4) is 0 Å². The third kappa shape index (κ3) is 2.98. The van der Waals surface area contributed by atoms with Crippen LogP contribution in [0.1, 0.15) is 11.1 Å². The third-order valence-electron chi connectivity index (χ3n) is 3.18. The molecular formula is C15H15N5O2. The van der Waals surface area contributed by atoms with Gasteiger partial charge in [0, 0.05) is 18.2 Å². The van der Waals surface area contributed by atoms with Gasteiger partial charge in [-0.05, 0) is 5.56 Å². The Hall–Kier alpha value is -3.09. The van der Waals surface area contributed by atoms with Crippen LogP contribution < -0.4 is 11.3 Å². The first-order valence-electron chi connectivity index (χ1n) is 6.80. The van der Waals surface area contributed by atoms with Crippen LogP contribution in [-0.2, 0) is 11.3 Å². The van der Waals surface area contributed by atoms with E-state index >= 15 is 0 Å². The second-order valence-corrected chi connectivity index (χ2v) is 4.72. The molecule has 0 unspecified atom stereocenters. The largest absolute Gasteiger partial charge is 0.395 e. The smallest absolute Gasteiger partial charge is 0.262 e. The number of nitrogens with zero attached hydrogens (tertiary/aromatic N) is 2. The lowest BCUT2D eigenvalue weighted by atomic mass is 10.2. The highest BCUT2D eigenvalue weighted by atomic mass is 16.6. The van der Waals surface area contributed by atoms with Gasteiger partial charge >= 0.3 is 0 Å². The van der Waals surface area contributed by atoms with Crippen LogP contribution in [0, 0.1) is 0 Å². The van der Waals surface area contributed by atoms with E-state index in [9.17, 15) is 4.79 Å². The third-order valence-corrected chi connectivity index (χ3v) is 3.18. The van der Waals surface area contributed by atoms with Crippen LogP contribution in [0.2, 0.25) is 0 Å². The SMILES string of the molecule is Nc1nc2[nH]cc(C=NOCCc3ccccc3)c2c(=O)[nH]1. The fourth-order valence-corrected chi connectivity index (χ4v) is 2.14. The summed E-state index contributed by atoms with van der Waals surface area (Å²) in [7, 11) is 0. The van der Waals surface area contributed by atoms with Crippen LogP contribution in [0.5, 0.6) is 0 Å².